The number of rotatable bonds is 7. The molecule has 0 fully saturated rings. The first-order chi connectivity index (χ1) is 5.81. The zero-order valence-electron chi connectivity index (χ0n) is 7.92. The van der Waals surface area contributed by atoms with Gasteiger partial charge in [0, 0.05) is 12.6 Å². The number of hydrogen-bond acceptors (Lipinski definition) is 3. The Labute approximate surface area is 75.2 Å². The lowest BCUT2D eigenvalue weighted by Gasteiger charge is -2.05. The normalized spacial score (nSPS) is 13.9. The highest BCUT2D eigenvalue weighted by Crippen LogP contribution is 1.94. The Morgan fingerprint density at radius 2 is 2.25 bits per heavy atom. The molecule has 72 valence electrons. The van der Waals surface area contributed by atoms with Crippen molar-refractivity contribution in [3.63, 3.8) is 0 Å². The largest absolute Gasteiger partial charge is 0.327 e. The zero-order valence-corrected chi connectivity index (χ0v) is 7.92. The maximum Gasteiger partial charge on any atom is 0.0224 e. The highest BCUT2D eigenvalue weighted by Gasteiger charge is 1.95. The van der Waals surface area contributed by atoms with Gasteiger partial charge in [0.1, 0.15) is 0 Å². The topological polar surface area (TPSA) is 64.1 Å². The van der Waals surface area contributed by atoms with Crippen LogP contribution in [-0.4, -0.2) is 25.7 Å². The van der Waals surface area contributed by atoms with E-state index in [0.29, 0.717) is 6.54 Å². The second-order valence-electron chi connectivity index (χ2n) is 2.82. The molecule has 0 spiro atoms. The molecule has 0 saturated carbocycles. The second-order valence-corrected chi connectivity index (χ2v) is 2.82. The minimum atomic E-state index is 0.173. The molecule has 3 nitrogen and oxygen atoms in total. The molecule has 0 radical (unpaired) electrons. The molecule has 0 bridgehead atoms. The Morgan fingerprint density at radius 1 is 1.50 bits per heavy atom. The highest BCUT2D eigenvalue weighted by molar-refractivity contribution is 4.91. The zero-order chi connectivity index (χ0) is 9.23. The first-order valence-corrected chi connectivity index (χ1v) is 4.64. The highest BCUT2D eigenvalue weighted by atomic mass is 14.8. The summed E-state index contributed by atoms with van der Waals surface area (Å²) in [6.45, 7) is 4.78. The number of hydrogen-bond donors (Lipinski definition) is 3. The molecule has 0 aliphatic heterocycles. The molecule has 1 unspecified atom stereocenters. The molecule has 0 heterocycles. The van der Waals surface area contributed by atoms with E-state index in [0.717, 1.165) is 25.9 Å². The van der Waals surface area contributed by atoms with Crippen LogP contribution in [0.5, 0.6) is 0 Å². The first-order valence-electron chi connectivity index (χ1n) is 4.64. The molecule has 0 aliphatic rings. The van der Waals surface area contributed by atoms with E-state index < -0.39 is 0 Å². The van der Waals surface area contributed by atoms with Crippen molar-refractivity contribution in [2.45, 2.75) is 25.8 Å². The van der Waals surface area contributed by atoms with E-state index >= 15 is 0 Å². The Balaban J connectivity index is 3.19. The summed E-state index contributed by atoms with van der Waals surface area (Å²) < 4.78 is 0. The predicted octanol–water partition coefficient (Wildman–Crippen LogP) is 0.218. The van der Waals surface area contributed by atoms with Crippen LogP contribution in [0.25, 0.3) is 0 Å². The number of nitrogens with one attached hydrogen (secondary N) is 1. The summed E-state index contributed by atoms with van der Waals surface area (Å²) in [5, 5.41) is 3.26. The van der Waals surface area contributed by atoms with Crippen molar-refractivity contribution < 1.29 is 0 Å². The molecular formula is C9H21N3. The van der Waals surface area contributed by atoms with E-state index in [4.69, 9.17) is 11.5 Å². The van der Waals surface area contributed by atoms with Crippen molar-refractivity contribution >= 4 is 0 Å². The summed E-state index contributed by atoms with van der Waals surface area (Å²) in [6.07, 6.45) is 6.05. The van der Waals surface area contributed by atoms with Crippen LogP contribution in [0, 0.1) is 0 Å². The van der Waals surface area contributed by atoms with E-state index in [2.05, 4.69) is 12.2 Å². The van der Waals surface area contributed by atoms with Crippen LogP contribution in [0.15, 0.2) is 12.2 Å². The SMILES string of the molecule is CCNCCCC(N)/C=C\CN. The van der Waals surface area contributed by atoms with Gasteiger partial charge in [-0.1, -0.05) is 19.1 Å². The van der Waals surface area contributed by atoms with Crippen molar-refractivity contribution in [1.29, 1.82) is 0 Å². The lowest BCUT2D eigenvalue weighted by molar-refractivity contribution is 0.609. The number of nitrogens with two attached hydrogens (primary N) is 2. The average Bonchev–Trinajstić information content (AvgIpc) is 2.09. The lowest BCUT2D eigenvalue weighted by atomic mass is 10.1. The Morgan fingerprint density at radius 3 is 2.83 bits per heavy atom. The van der Waals surface area contributed by atoms with Crippen LogP contribution in [0.2, 0.25) is 0 Å². The molecular weight excluding hydrogens is 150 g/mol. The van der Waals surface area contributed by atoms with Gasteiger partial charge in [-0.2, -0.15) is 0 Å². The molecule has 0 aromatic rings. The average molecular weight is 171 g/mol. The fourth-order valence-electron chi connectivity index (χ4n) is 0.989. The molecule has 0 saturated heterocycles. The molecule has 12 heavy (non-hydrogen) atoms. The van der Waals surface area contributed by atoms with Gasteiger partial charge in [0.15, 0.2) is 0 Å². The van der Waals surface area contributed by atoms with Gasteiger partial charge in [0.2, 0.25) is 0 Å². The molecule has 1 atom stereocenters. The predicted molar refractivity (Wildman–Crippen MR) is 53.9 cm³/mol. The summed E-state index contributed by atoms with van der Waals surface area (Å²) in [6, 6.07) is 0.173. The quantitative estimate of drug-likeness (QED) is 0.379. The minimum absolute atomic E-state index is 0.173. The molecule has 5 N–H and O–H groups in total. The van der Waals surface area contributed by atoms with Crippen LogP contribution < -0.4 is 16.8 Å². The van der Waals surface area contributed by atoms with E-state index in [1.54, 1.807) is 0 Å². The standard InChI is InChI=1S/C9H21N3/c1-2-12-8-4-6-9(11)5-3-7-10/h3,5,9,12H,2,4,6-8,10-11H2,1H3/b5-3-. The third-order valence-corrected chi connectivity index (χ3v) is 1.66. The first kappa shape index (κ1) is 11.6. The van der Waals surface area contributed by atoms with Gasteiger partial charge in [-0.3, -0.25) is 0 Å². The van der Waals surface area contributed by atoms with Crippen molar-refractivity contribution in [3.05, 3.63) is 12.2 Å². The molecule has 0 aliphatic carbocycles. The summed E-state index contributed by atoms with van der Waals surface area (Å²) in [5.41, 5.74) is 11.1. The van der Waals surface area contributed by atoms with E-state index in [1.165, 1.54) is 0 Å². The van der Waals surface area contributed by atoms with Crippen molar-refractivity contribution in [2.75, 3.05) is 19.6 Å². The fourth-order valence-corrected chi connectivity index (χ4v) is 0.989. The van der Waals surface area contributed by atoms with Crippen LogP contribution in [0.1, 0.15) is 19.8 Å². The van der Waals surface area contributed by atoms with E-state index in [-0.39, 0.29) is 6.04 Å². The molecule has 3 heteroatoms. The Kier molecular flexibility index (Phi) is 8.44. The maximum absolute atomic E-state index is 5.77. The summed E-state index contributed by atoms with van der Waals surface area (Å²) in [5.74, 6) is 0. The van der Waals surface area contributed by atoms with Crippen LogP contribution in [0.4, 0.5) is 0 Å². The summed E-state index contributed by atoms with van der Waals surface area (Å²) in [4.78, 5) is 0. The van der Waals surface area contributed by atoms with E-state index in [9.17, 15) is 0 Å². The molecule has 0 aromatic heterocycles. The third kappa shape index (κ3) is 7.72. The smallest absolute Gasteiger partial charge is 0.0224 e. The third-order valence-electron chi connectivity index (χ3n) is 1.66. The van der Waals surface area contributed by atoms with E-state index in [1.807, 2.05) is 12.2 Å². The molecule has 0 amide bonds. The van der Waals surface area contributed by atoms with Gasteiger partial charge in [0.25, 0.3) is 0 Å². The van der Waals surface area contributed by atoms with Crippen LogP contribution in [0.3, 0.4) is 0 Å². The fraction of sp³-hybridized carbons (Fsp3) is 0.778. The van der Waals surface area contributed by atoms with Gasteiger partial charge in [-0.25, -0.2) is 0 Å². The van der Waals surface area contributed by atoms with Crippen molar-refractivity contribution in [3.8, 4) is 0 Å². The monoisotopic (exact) mass is 171 g/mol. The van der Waals surface area contributed by atoms with Crippen LogP contribution in [-0.2, 0) is 0 Å². The molecule has 0 rings (SSSR count). The summed E-state index contributed by atoms with van der Waals surface area (Å²) in [7, 11) is 0. The molecule has 0 aromatic carbocycles. The minimum Gasteiger partial charge on any atom is -0.327 e. The Bertz CT molecular complexity index is 112. The Hall–Kier alpha value is -0.380. The maximum atomic E-state index is 5.77. The van der Waals surface area contributed by atoms with Gasteiger partial charge in [-0.15, -0.1) is 0 Å². The van der Waals surface area contributed by atoms with Gasteiger partial charge >= 0.3 is 0 Å². The second kappa shape index (κ2) is 8.71. The van der Waals surface area contributed by atoms with Crippen molar-refractivity contribution in [2.24, 2.45) is 11.5 Å². The lowest BCUT2D eigenvalue weighted by Crippen LogP contribution is -2.21. The van der Waals surface area contributed by atoms with Gasteiger partial charge < -0.3 is 16.8 Å². The van der Waals surface area contributed by atoms with Crippen molar-refractivity contribution in [1.82, 2.24) is 5.32 Å². The van der Waals surface area contributed by atoms with Gasteiger partial charge in [0.05, 0.1) is 0 Å². The van der Waals surface area contributed by atoms with Gasteiger partial charge in [-0.05, 0) is 25.9 Å². The van der Waals surface area contributed by atoms with Crippen LogP contribution >= 0.6 is 0 Å². The summed E-state index contributed by atoms with van der Waals surface area (Å²) >= 11 is 0.